The topological polar surface area (TPSA) is 160 Å². The Balaban J connectivity index is -0.0000000000758. The van der Waals surface area contributed by atoms with Crippen LogP contribution in [0.25, 0.3) is 0 Å². The van der Waals surface area contributed by atoms with Gasteiger partial charge >= 0.3 is 79.0 Å². The van der Waals surface area contributed by atoms with E-state index in [1.807, 2.05) is 0 Å². The average Bonchev–Trinajstić information content (AvgIpc) is 1.50. The predicted octanol–water partition coefficient (Wildman–Crippen LogP) is -4.19. The molecule has 0 saturated carbocycles. The van der Waals surface area contributed by atoms with E-state index >= 15 is 0 Å². The van der Waals surface area contributed by atoms with Crippen molar-refractivity contribution in [2.45, 2.75) is 0 Å². The van der Waals surface area contributed by atoms with E-state index in [1.54, 1.807) is 0 Å². The van der Waals surface area contributed by atoms with Gasteiger partial charge in [0, 0.05) is 277 Å². The van der Waals surface area contributed by atoms with Gasteiger partial charge in [0.05, 0.1) is 0 Å². The van der Waals surface area contributed by atoms with E-state index in [0.29, 0.717) is 0 Å². The van der Waals surface area contributed by atoms with Gasteiger partial charge in [0.2, 0.25) is 0 Å². The molecule has 0 atom stereocenters. The molecule has 0 saturated heterocycles. The van der Waals surface area contributed by atoms with E-state index in [1.165, 1.54) is 32.4 Å². The third kappa shape index (κ3) is 346. The van der Waals surface area contributed by atoms with Crippen LogP contribution in [0.2, 0.25) is 0 Å². The van der Waals surface area contributed by atoms with E-state index in [2.05, 4.69) is 0 Å². The Hall–Kier alpha value is 10.6. The molecule has 0 aromatic carbocycles. The van der Waals surface area contributed by atoms with Gasteiger partial charge in [-0.2, -0.15) is 0 Å². The van der Waals surface area contributed by atoms with Crippen LogP contribution in [0.15, 0.2) is 0 Å². The summed E-state index contributed by atoms with van der Waals surface area (Å²) in [7, 11) is 0. The number of hydrogen-bond donors (Lipinski definition) is 0. The summed E-state index contributed by atoms with van der Waals surface area (Å²) in [6.07, 6.45) is 0. The summed E-state index contributed by atoms with van der Waals surface area (Å²) in [5, 5.41) is 0. The Bertz CT molecular complexity index is 72.7. The van der Waals surface area contributed by atoms with Crippen LogP contribution in [0, 0.1) is 14.9 Å². The second-order valence-electron chi connectivity index (χ2n) is 0. The molecule has 0 spiro atoms. The molecular formula is C2H14Al4O6Pd2Pt4Rh4Ru4. The van der Waals surface area contributed by atoms with Crippen LogP contribution in [0.3, 0.4) is 0 Å². The van der Waals surface area contributed by atoms with E-state index < -0.39 is 0 Å². The molecule has 0 amide bonds. The molecule has 0 heterocycles. The predicted molar refractivity (Wildman–Crippen MR) is 51.7 cm³/mol. The first-order valence-electron chi connectivity index (χ1n) is 0.471. The molecule has 26 heavy (non-hydrogen) atoms. The maximum Gasteiger partial charge on any atom is 1.00 e. The Morgan fingerprint density at radius 3 is 0.423 bits per heavy atom. The van der Waals surface area contributed by atoms with Gasteiger partial charge in [0.25, 0.3) is 0 Å². The zero-order valence-corrected chi connectivity index (χ0v) is 42.1. The largest absolute Gasteiger partial charge is 1.00 e. The summed E-state index contributed by atoms with van der Waals surface area (Å²) >= 11 is 2.33. The molecule has 0 aliphatic carbocycles. The quantitative estimate of drug-likeness (QED) is 0.178. The van der Waals surface area contributed by atoms with E-state index in [9.17, 15) is 0 Å². The van der Waals surface area contributed by atoms with E-state index in [-0.39, 0.29) is 352 Å². The van der Waals surface area contributed by atoms with Crippen LogP contribution in [-0.2, 0) is 289 Å². The molecule has 198 valence electrons. The molecule has 0 aliphatic rings. The third-order valence-corrected chi connectivity index (χ3v) is 0. The van der Waals surface area contributed by atoms with Gasteiger partial charge in [-0.05, 0) is 0 Å². The van der Waals surface area contributed by atoms with Crippen molar-refractivity contribution < 1.29 is 310 Å². The zero-order valence-electron chi connectivity index (χ0n) is 11.8. The Labute approximate surface area is 383 Å². The third-order valence-electron chi connectivity index (χ3n) is 0. The molecule has 0 aliphatic heterocycles. The second kappa shape index (κ2) is 378. The van der Waals surface area contributed by atoms with Crippen LogP contribution >= 0.6 is 0 Å². The van der Waals surface area contributed by atoms with Crippen molar-refractivity contribution >= 4 is 67.2 Å². The van der Waals surface area contributed by atoms with Crippen molar-refractivity contribution in [1.82, 2.24) is 0 Å². The van der Waals surface area contributed by atoms with Gasteiger partial charge < -0.3 is 36.8 Å². The Morgan fingerprint density at radius 2 is 0.423 bits per heavy atom. The normalized spacial score (nSPS) is 0.231. The van der Waals surface area contributed by atoms with Gasteiger partial charge in [-0.15, -0.1) is 0 Å². The second-order valence-corrected chi connectivity index (χ2v) is 0. The van der Waals surface area contributed by atoms with Crippen LogP contribution in [0.5, 0.6) is 0 Å². The van der Waals surface area contributed by atoms with Crippen LogP contribution < -0.4 is 0 Å². The fourth-order valence-corrected chi connectivity index (χ4v) is 0. The van der Waals surface area contributed by atoms with Gasteiger partial charge in [-0.3, -0.25) is 0 Å². The maximum atomic E-state index is 8.17. The molecule has 8 N–H and O–H groups in total. The van der Waals surface area contributed by atoms with Gasteiger partial charge in [0.15, 0.2) is 0 Å². The van der Waals surface area contributed by atoms with E-state index in [0.717, 1.165) is 0 Å². The molecule has 0 aromatic heterocycles. The summed E-state index contributed by atoms with van der Waals surface area (Å²) < 4.78 is 16.3. The molecule has 0 unspecified atom stereocenters. The number of hydrogen-bond acceptors (Lipinski definition) is 2. The molecule has 6 nitrogen and oxygen atoms in total. The van der Waals surface area contributed by atoms with Crippen LogP contribution in [0.4, 0.5) is 0 Å². The van der Waals surface area contributed by atoms with Gasteiger partial charge in [-0.25, -0.2) is 0 Å². The minimum absolute atomic E-state index is 0. The first kappa shape index (κ1) is 291. The smallest absolute Gasteiger partial charge is 0 e. The van der Waals surface area contributed by atoms with Crippen molar-refractivity contribution in [3.63, 3.8) is 0 Å². The summed E-state index contributed by atoms with van der Waals surface area (Å²) in [6, 6.07) is 0. The molecule has 0 fully saturated rings. The SMILES string of the molecule is O.O.O.O.[Al].[Al].[CH3-].[CH3-].[O]=[Al].[O]=[Al].[Pd].[Pd].[Pt].[Pt].[Pt].[Pt].[Rh].[Rh].[Rh].[Rh].[Ru+].[Ru+].[Ru].[Ru]. The van der Waals surface area contributed by atoms with Gasteiger partial charge in [0.1, 0.15) is 0 Å². The number of rotatable bonds is 0. The molecule has 24 heteroatoms. The van der Waals surface area contributed by atoms with Crippen LogP contribution in [0.1, 0.15) is 0 Å². The fourth-order valence-electron chi connectivity index (χ4n) is 0. The van der Waals surface area contributed by atoms with Crippen molar-refractivity contribution in [1.29, 1.82) is 0 Å². The molecule has 14 radical (unpaired) electrons. The molecular weight excluding hydrogens is 2040 g/mol. The summed E-state index contributed by atoms with van der Waals surface area (Å²) in [6.45, 7) is 0. The minimum atomic E-state index is 0. The molecule has 0 aromatic rings. The monoisotopic (exact) mass is 2050 g/mol. The minimum Gasteiger partial charge on any atom is 0 e. The molecule has 0 bridgehead atoms. The van der Waals surface area contributed by atoms with Crippen molar-refractivity contribution in [3.05, 3.63) is 14.9 Å². The first-order valence-corrected chi connectivity index (χ1v) is 1.41. The standard InChI is InChI=1S/2CH3.4Al.4H2O.2O.2Pd.4Pt.4Rh.4Ru/h2*1H3;;;;;4*1H2;;;;;;;;;;;;;;;;/q2*-1;;;;;;;;;;;;;;;;;;;;;;;2*+1. The van der Waals surface area contributed by atoms with Gasteiger partial charge in [-0.1, -0.05) is 0 Å². The first-order chi connectivity index (χ1) is 2.00. The summed E-state index contributed by atoms with van der Waals surface area (Å²) in [5.74, 6) is 0. The van der Waals surface area contributed by atoms with E-state index in [4.69, 9.17) is 7.61 Å². The zero-order chi connectivity index (χ0) is 4.00. The fraction of sp³-hybridized carbons (Fsp3) is 0. The summed E-state index contributed by atoms with van der Waals surface area (Å²) in [4.78, 5) is 0. The average molecular weight is 2050 g/mol. The Morgan fingerprint density at radius 1 is 0.423 bits per heavy atom. The van der Waals surface area contributed by atoms with Crippen LogP contribution in [-0.4, -0.2) is 89.1 Å². The summed E-state index contributed by atoms with van der Waals surface area (Å²) in [5.41, 5.74) is 0. The maximum absolute atomic E-state index is 8.17. The van der Waals surface area contributed by atoms with Crippen molar-refractivity contribution in [2.24, 2.45) is 0 Å². The Kier molecular flexibility index (Phi) is 4240. The van der Waals surface area contributed by atoms with Crippen molar-refractivity contribution in [2.75, 3.05) is 0 Å². The molecule has 0 rings (SSSR count). The van der Waals surface area contributed by atoms with Crippen molar-refractivity contribution in [3.8, 4) is 0 Å².